The van der Waals surface area contributed by atoms with Gasteiger partial charge >= 0.3 is 5.97 Å². The molecule has 1 aliphatic heterocycles. The SMILES string of the molecule is O=C1OC(c2ccc(I)c(Br)c2)=N/C1=C\c1cccnc1. The van der Waals surface area contributed by atoms with E-state index in [1.807, 2.05) is 24.3 Å². The molecular weight excluding hydrogens is 447 g/mol. The number of cyclic esters (lactones) is 1. The number of aromatic nitrogens is 1. The molecule has 1 aliphatic rings. The first-order valence-corrected chi connectivity index (χ1v) is 7.89. The number of esters is 1. The van der Waals surface area contributed by atoms with Crippen LogP contribution in [-0.2, 0) is 9.53 Å². The molecule has 0 bridgehead atoms. The van der Waals surface area contributed by atoms with Crippen LogP contribution >= 0.6 is 38.5 Å². The number of aliphatic imine (C=N–C) groups is 1. The van der Waals surface area contributed by atoms with Gasteiger partial charge in [-0.3, -0.25) is 4.98 Å². The Morgan fingerprint density at radius 1 is 1.29 bits per heavy atom. The maximum atomic E-state index is 11.9. The molecule has 0 amide bonds. The maximum absolute atomic E-state index is 11.9. The van der Waals surface area contributed by atoms with E-state index < -0.39 is 5.97 Å². The molecule has 0 spiro atoms. The summed E-state index contributed by atoms with van der Waals surface area (Å²) < 4.78 is 7.24. The van der Waals surface area contributed by atoms with E-state index >= 15 is 0 Å². The molecule has 1 aromatic heterocycles. The molecule has 0 saturated carbocycles. The van der Waals surface area contributed by atoms with E-state index in [4.69, 9.17) is 4.74 Å². The number of rotatable bonds is 2. The topological polar surface area (TPSA) is 51.5 Å². The van der Waals surface area contributed by atoms with Crippen LogP contribution in [0.2, 0.25) is 0 Å². The largest absolute Gasteiger partial charge is 0.402 e. The lowest BCUT2D eigenvalue weighted by molar-refractivity contribution is -0.129. The number of ether oxygens (including phenoxy) is 1. The highest BCUT2D eigenvalue weighted by Gasteiger charge is 2.24. The second-order valence-corrected chi connectivity index (χ2v) is 6.27. The Morgan fingerprint density at radius 2 is 2.14 bits per heavy atom. The fraction of sp³-hybridized carbons (Fsp3) is 0. The normalized spacial score (nSPS) is 16.0. The van der Waals surface area contributed by atoms with Gasteiger partial charge in [-0.05, 0) is 74.4 Å². The van der Waals surface area contributed by atoms with Gasteiger partial charge in [0.15, 0.2) is 5.70 Å². The van der Waals surface area contributed by atoms with Gasteiger partial charge in [0.25, 0.3) is 0 Å². The molecule has 2 heterocycles. The molecular formula is C15H8BrIN2O2. The lowest BCUT2D eigenvalue weighted by Gasteiger charge is -2.01. The highest BCUT2D eigenvalue weighted by atomic mass is 127. The highest BCUT2D eigenvalue weighted by Crippen LogP contribution is 2.24. The van der Waals surface area contributed by atoms with Crippen molar-refractivity contribution < 1.29 is 9.53 Å². The van der Waals surface area contributed by atoms with E-state index in [9.17, 15) is 4.79 Å². The molecule has 21 heavy (non-hydrogen) atoms. The fourth-order valence-electron chi connectivity index (χ4n) is 1.78. The number of halogens is 2. The van der Waals surface area contributed by atoms with Crippen LogP contribution in [0.1, 0.15) is 11.1 Å². The molecule has 4 nitrogen and oxygen atoms in total. The van der Waals surface area contributed by atoms with Crippen LogP contribution < -0.4 is 0 Å². The van der Waals surface area contributed by atoms with Crippen LogP contribution in [0.5, 0.6) is 0 Å². The number of nitrogens with zero attached hydrogens (tertiary/aromatic N) is 2. The summed E-state index contributed by atoms with van der Waals surface area (Å²) in [5.74, 6) is -0.143. The molecule has 0 saturated heterocycles. The summed E-state index contributed by atoms with van der Waals surface area (Å²) in [5, 5.41) is 0. The third kappa shape index (κ3) is 3.21. The summed E-state index contributed by atoms with van der Waals surface area (Å²) in [5.41, 5.74) is 1.83. The summed E-state index contributed by atoms with van der Waals surface area (Å²) in [6.07, 6.45) is 4.99. The number of pyridine rings is 1. The van der Waals surface area contributed by atoms with Gasteiger partial charge in [-0.25, -0.2) is 9.79 Å². The zero-order valence-corrected chi connectivity index (χ0v) is 14.3. The van der Waals surface area contributed by atoms with E-state index in [0.717, 1.165) is 19.2 Å². The fourth-order valence-corrected chi connectivity index (χ4v) is 2.50. The molecule has 0 radical (unpaired) electrons. The van der Waals surface area contributed by atoms with E-state index in [0.29, 0.717) is 5.90 Å². The first-order valence-electron chi connectivity index (χ1n) is 6.01. The zero-order valence-electron chi connectivity index (χ0n) is 10.6. The molecule has 0 fully saturated rings. The Hall–Kier alpha value is -1.54. The maximum Gasteiger partial charge on any atom is 0.363 e. The standard InChI is InChI=1S/C15H8BrIN2O2/c16-11-7-10(3-4-12(11)17)14-19-13(15(20)21-14)6-9-2-1-5-18-8-9/h1-8H/b13-6-. The van der Waals surface area contributed by atoms with Crippen molar-refractivity contribution in [2.24, 2.45) is 4.99 Å². The van der Waals surface area contributed by atoms with Crippen LogP contribution in [0.25, 0.3) is 6.08 Å². The monoisotopic (exact) mass is 454 g/mol. The van der Waals surface area contributed by atoms with E-state index in [-0.39, 0.29) is 5.70 Å². The van der Waals surface area contributed by atoms with Crippen LogP contribution in [0.15, 0.2) is 57.9 Å². The molecule has 0 aliphatic carbocycles. The predicted octanol–water partition coefficient (Wildman–Crippen LogP) is 3.79. The Labute approximate surface area is 143 Å². The van der Waals surface area contributed by atoms with Crippen LogP contribution in [-0.4, -0.2) is 16.9 Å². The third-order valence-electron chi connectivity index (χ3n) is 2.77. The Bertz CT molecular complexity index is 772. The van der Waals surface area contributed by atoms with E-state index in [2.05, 4.69) is 48.5 Å². The van der Waals surface area contributed by atoms with Crippen molar-refractivity contribution in [1.29, 1.82) is 0 Å². The second kappa shape index (κ2) is 6.07. The van der Waals surface area contributed by atoms with Crippen molar-refractivity contribution in [1.82, 2.24) is 4.98 Å². The van der Waals surface area contributed by atoms with Crippen molar-refractivity contribution >= 4 is 56.5 Å². The van der Waals surface area contributed by atoms with Gasteiger partial charge in [0.1, 0.15) is 0 Å². The zero-order chi connectivity index (χ0) is 14.8. The minimum Gasteiger partial charge on any atom is -0.402 e. The third-order valence-corrected chi connectivity index (χ3v) is 5.11. The lowest BCUT2D eigenvalue weighted by Crippen LogP contribution is -2.05. The summed E-state index contributed by atoms with van der Waals surface area (Å²) in [4.78, 5) is 20.1. The van der Waals surface area contributed by atoms with Gasteiger partial charge in [-0.1, -0.05) is 6.07 Å². The molecule has 1 aromatic carbocycles. The summed E-state index contributed by atoms with van der Waals surface area (Å²) in [6, 6.07) is 9.32. The smallest absolute Gasteiger partial charge is 0.363 e. The summed E-state index contributed by atoms with van der Waals surface area (Å²) in [7, 11) is 0. The summed E-state index contributed by atoms with van der Waals surface area (Å²) in [6.45, 7) is 0. The van der Waals surface area contributed by atoms with Crippen LogP contribution in [0.3, 0.4) is 0 Å². The van der Waals surface area contributed by atoms with Gasteiger partial charge in [-0.15, -0.1) is 0 Å². The number of carbonyl (C=O) groups is 1. The first-order chi connectivity index (χ1) is 10.1. The number of hydrogen-bond acceptors (Lipinski definition) is 4. The Morgan fingerprint density at radius 3 is 2.86 bits per heavy atom. The van der Waals surface area contributed by atoms with Crippen molar-refractivity contribution in [3.05, 3.63) is 67.6 Å². The first kappa shape index (κ1) is 14.4. The van der Waals surface area contributed by atoms with Crippen LogP contribution in [0, 0.1) is 3.57 Å². The minimum absolute atomic E-state index is 0.271. The quantitative estimate of drug-likeness (QED) is 0.394. The van der Waals surface area contributed by atoms with E-state index in [1.165, 1.54) is 0 Å². The van der Waals surface area contributed by atoms with Gasteiger partial charge in [0, 0.05) is 26.0 Å². The molecule has 6 heteroatoms. The average molecular weight is 455 g/mol. The van der Waals surface area contributed by atoms with Crippen LogP contribution in [0.4, 0.5) is 0 Å². The van der Waals surface area contributed by atoms with Gasteiger partial charge in [-0.2, -0.15) is 0 Å². The second-order valence-electron chi connectivity index (χ2n) is 4.25. The van der Waals surface area contributed by atoms with Gasteiger partial charge in [0.05, 0.1) is 0 Å². The Balaban J connectivity index is 1.95. The molecule has 0 atom stereocenters. The van der Waals surface area contributed by atoms with Crippen molar-refractivity contribution in [3.8, 4) is 0 Å². The molecule has 0 unspecified atom stereocenters. The number of benzene rings is 1. The average Bonchev–Trinajstić information content (AvgIpc) is 2.84. The lowest BCUT2D eigenvalue weighted by atomic mass is 10.2. The van der Waals surface area contributed by atoms with Crippen molar-refractivity contribution in [2.45, 2.75) is 0 Å². The number of hydrogen-bond donors (Lipinski definition) is 0. The summed E-state index contributed by atoms with van der Waals surface area (Å²) >= 11 is 5.67. The van der Waals surface area contributed by atoms with Gasteiger partial charge < -0.3 is 4.74 Å². The van der Waals surface area contributed by atoms with Crippen molar-refractivity contribution in [3.63, 3.8) is 0 Å². The number of carbonyl (C=O) groups excluding carboxylic acids is 1. The molecule has 3 rings (SSSR count). The predicted molar refractivity (Wildman–Crippen MR) is 91.7 cm³/mol. The molecule has 0 N–H and O–H groups in total. The minimum atomic E-state index is -0.455. The van der Waals surface area contributed by atoms with Gasteiger partial charge in [0.2, 0.25) is 5.90 Å². The molecule has 104 valence electrons. The van der Waals surface area contributed by atoms with E-state index in [1.54, 1.807) is 24.5 Å². The van der Waals surface area contributed by atoms with Crippen molar-refractivity contribution in [2.75, 3.05) is 0 Å². The Kier molecular flexibility index (Phi) is 4.16. The molecule has 2 aromatic rings. The highest BCUT2D eigenvalue weighted by molar-refractivity contribution is 14.1.